The van der Waals surface area contributed by atoms with Gasteiger partial charge in [-0.3, -0.25) is 14.1 Å². The van der Waals surface area contributed by atoms with E-state index in [4.69, 9.17) is 16.3 Å². The average molecular weight is 522 g/mol. The maximum atomic E-state index is 13.8. The Balaban J connectivity index is 1.54. The third kappa shape index (κ3) is 3.61. The van der Waals surface area contributed by atoms with E-state index >= 15 is 0 Å². The first-order chi connectivity index (χ1) is 17.9. The second kappa shape index (κ2) is 8.63. The molecule has 0 saturated carbocycles. The van der Waals surface area contributed by atoms with E-state index in [2.05, 4.69) is 25.1 Å². The lowest BCUT2D eigenvalue weighted by Crippen LogP contribution is -2.29. The van der Waals surface area contributed by atoms with Gasteiger partial charge < -0.3 is 9.72 Å². The number of H-pyrrole nitrogens is 1. The van der Waals surface area contributed by atoms with Crippen molar-refractivity contribution in [3.8, 4) is 17.3 Å². The molecule has 6 rings (SSSR count). The molecule has 1 aromatic carbocycles. The second-order valence-corrected chi connectivity index (χ2v) is 8.91. The number of nitrogens with zero attached hydrogens (tertiary/aromatic N) is 6. The third-order valence-electron chi connectivity index (χ3n) is 6.26. The number of benzene rings is 1. The van der Waals surface area contributed by atoms with E-state index in [1.807, 2.05) is 12.1 Å². The van der Waals surface area contributed by atoms with E-state index in [1.54, 1.807) is 43.5 Å². The smallest absolute Gasteiger partial charge is 0.297 e. The fourth-order valence-corrected chi connectivity index (χ4v) is 4.76. The van der Waals surface area contributed by atoms with Gasteiger partial charge in [-0.25, -0.2) is 18.7 Å². The fourth-order valence-electron chi connectivity index (χ4n) is 4.63. The molecular weight excluding hydrogens is 504 g/mol. The van der Waals surface area contributed by atoms with Crippen LogP contribution in [0.2, 0.25) is 5.02 Å². The topological polar surface area (TPSA) is 101 Å². The largest absolute Gasteiger partial charge is 0.480 e. The molecule has 9 nitrogen and oxygen atoms in total. The molecule has 1 N–H and O–H groups in total. The van der Waals surface area contributed by atoms with Crippen LogP contribution in [0.4, 0.5) is 14.5 Å². The highest BCUT2D eigenvalue weighted by molar-refractivity contribution is 6.30. The monoisotopic (exact) mass is 521 g/mol. The zero-order chi connectivity index (χ0) is 25.8. The van der Waals surface area contributed by atoms with Gasteiger partial charge in [-0.05, 0) is 48.4 Å². The van der Waals surface area contributed by atoms with Gasteiger partial charge >= 0.3 is 0 Å². The molecule has 0 aliphatic carbocycles. The summed E-state index contributed by atoms with van der Waals surface area (Å²) in [6.45, 7) is 1.73. The lowest BCUT2D eigenvalue weighted by Gasteiger charge is -2.26. The number of nitrogens with one attached hydrogen (secondary N) is 1. The number of aromatic nitrogens is 6. The number of ether oxygens (including phenoxy) is 1. The van der Waals surface area contributed by atoms with Gasteiger partial charge in [-0.15, -0.1) is 10.2 Å². The van der Waals surface area contributed by atoms with E-state index in [1.165, 1.54) is 22.6 Å². The molecule has 0 saturated heterocycles. The number of hydrogen-bond donors (Lipinski definition) is 1. The molecule has 12 heteroatoms. The molecule has 1 aliphatic rings. The van der Waals surface area contributed by atoms with Crippen molar-refractivity contribution in [2.45, 2.75) is 19.4 Å². The summed E-state index contributed by atoms with van der Waals surface area (Å²) in [5.74, 6) is -0.120. The van der Waals surface area contributed by atoms with E-state index in [0.717, 1.165) is 5.56 Å². The van der Waals surface area contributed by atoms with Crippen LogP contribution in [-0.4, -0.2) is 42.6 Å². The van der Waals surface area contributed by atoms with Crippen LogP contribution in [0.3, 0.4) is 0 Å². The highest BCUT2D eigenvalue weighted by Gasteiger charge is 2.43. The first-order valence-corrected chi connectivity index (χ1v) is 11.6. The quantitative estimate of drug-likeness (QED) is 0.342. The first kappa shape index (κ1) is 23.0. The molecular formula is C25H18ClF2N7O2. The van der Waals surface area contributed by atoms with Gasteiger partial charge in [-0.2, -0.15) is 0 Å². The number of halogens is 3. The minimum atomic E-state index is -2.84. The number of amides is 1. The summed E-state index contributed by atoms with van der Waals surface area (Å²) in [5, 5.41) is 8.05. The molecule has 1 atom stereocenters. The van der Waals surface area contributed by atoms with Crippen LogP contribution in [-0.2, 0) is 0 Å². The molecule has 0 fully saturated rings. The number of imidazole rings is 1. The molecule has 0 radical (unpaired) electrons. The standard InChI is InChI=1S/C25H18ClF2N7O2/c1-12-10-15(11-34-22(12)32-33-23(34)20(27)28)35-19(13-5-7-14(26)8-6-13)17-18(25(35)36)31-21(30-17)16-4-3-9-29-24(16)37-2/h3-11,19-20H,1-2H3,(H,30,31)/t19-/m0/s1. The zero-order valence-electron chi connectivity index (χ0n) is 19.5. The SMILES string of the molecule is COc1ncccc1-c1nc2c([nH]1)[C@H](c1ccc(Cl)cc1)N(c1cc(C)c3nnc(C(F)F)n3c1)C2=O. The minimum absolute atomic E-state index is 0.205. The molecule has 1 amide bonds. The molecule has 0 bridgehead atoms. The van der Waals surface area contributed by atoms with Crippen molar-refractivity contribution in [2.24, 2.45) is 0 Å². The third-order valence-corrected chi connectivity index (χ3v) is 6.52. The summed E-state index contributed by atoms with van der Waals surface area (Å²) < 4.78 is 33.8. The summed E-state index contributed by atoms with van der Waals surface area (Å²) in [6.07, 6.45) is 0.207. The Labute approximate surface area is 213 Å². The molecule has 186 valence electrons. The van der Waals surface area contributed by atoms with Crippen molar-refractivity contribution in [1.82, 2.24) is 29.5 Å². The Morgan fingerprint density at radius 1 is 1.16 bits per heavy atom. The Bertz CT molecular complexity index is 1670. The number of rotatable bonds is 5. The number of alkyl halides is 2. The Hall–Kier alpha value is -4.38. The minimum Gasteiger partial charge on any atom is -0.480 e. The van der Waals surface area contributed by atoms with Gasteiger partial charge in [0.1, 0.15) is 11.9 Å². The number of pyridine rings is 2. The number of carbonyl (C=O) groups is 1. The van der Waals surface area contributed by atoms with Crippen molar-refractivity contribution in [1.29, 1.82) is 0 Å². The van der Waals surface area contributed by atoms with Crippen LogP contribution in [0.25, 0.3) is 17.0 Å². The predicted octanol–water partition coefficient (Wildman–Crippen LogP) is 5.17. The van der Waals surface area contributed by atoms with Gasteiger partial charge in [0.25, 0.3) is 12.3 Å². The number of hydrogen-bond acceptors (Lipinski definition) is 6. The number of fused-ring (bicyclic) bond motifs is 2. The molecule has 0 unspecified atom stereocenters. The van der Waals surface area contributed by atoms with Gasteiger partial charge in [0, 0.05) is 17.4 Å². The number of methoxy groups -OCH3 is 1. The lowest BCUT2D eigenvalue weighted by atomic mass is 10.0. The van der Waals surface area contributed by atoms with Crippen molar-refractivity contribution in [3.63, 3.8) is 0 Å². The Morgan fingerprint density at radius 2 is 1.95 bits per heavy atom. The average Bonchev–Trinajstić information content (AvgIpc) is 3.58. The number of carbonyl (C=O) groups excluding carboxylic acids is 1. The van der Waals surface area contributed by atoms with Crippen molar-refractivity contribution < 1.29 is 18.3 Å². The summed E-state index contributed by atoms with van der Waals surface area (Å²) in [5.41, 5.74) is 3.36. The molecule has 5 heterocycles. The van der Waals surface area contributed by atoms with Crippen LogP contribution in [0, 0.1) is 6.92 Å². The molecule has 37 heavy (non-hydrogen) atoms. The Morgan fingerprint density at radius 3 is 2.68 bits per heavy atom. The van der Waals surface area contributed by atoms with Crippen LogP contribution < -0.4 is 9.64 Å². The molecule has 4 aromatic heterocycles. The Kier molecular flexibility index (Phi) is 5.37. The van der Waals surface area contributed by atoms with Crippen LogP contribution in [0.1, 0.15) is 45.6 Å². The molecule has 1 aliphatic heterocycles. The first-order valence-electron chi connectivity index (χ1n) is 11.2. The van der Waals surface area contributed by atoms with Crippen LogP contribution in [0.15, 0.2) is 54.9 Å². The second-order valence-electron chi connectivity index (χ2n) is 8.47. The lowest BCUT2D eigenvalue weighted by molar-refractivity contribution is 0.0989. The van der Waals surface area contributed by atoms with Crippen LogP contribution in [0.5, 0.6) is 5.88 Å². The van der Waals surface area contributed by atoms with Gasteiger partial charge in [0.15, 0.2) is 11.3 Å². The number of aryl methyl sites for hydroxylation is 1. The zero-order valence-corrected chi connectivity index (χ0v) is 20.2. The summed E-state index contributed by atoms with van der Waals surface area (Å²) in [4.78, 5) is 27.4. The van der Waals surface area contributed by atoms with Crippen molar-refractivity contribution >= 4 is 28.8 Å². The van der Waals surface area contributed by atoms with Crippen LogP contribution >= 0.6 is 11.6 Å². The highest BCUT2D eigenvalue weighted by Crippen LogP contribution is 2.43. The van der Waals surface area contributed by atoms with Crippen molar-refractivity contribution in [3.05, 3.63) is 88.2 Å². The highest BCUT2D eigenvalue weighted by atomic mass is 35.5. The van der Waals surface area contributed by atoms with Gasteiger partial charge in [0.2, 0.25) is 11.7 Å². The van der Waals surface area contributed by atoms with E-state index in [9.17, 15) is 13.6 Å². The molecule has 5 aromatic rings. The fraction of sp³-hybridized carbons (Fsp3) is 0.160. The van der Waals surface area contributed by atoms with E-state index in [0.29, 0.717) is 39.2 Å². The number of aromatic amines is 1. The number of anilines is 1. The molecule has 0 spiro atoms. The summed E-state index contributed by atoms with van der Waals surface area (Å²) >= 11 is 6.13. The maximum Gasteiger partial charge on any atom is 0.297 e. The summed E-state index contributed by atoms with van der Waals surface area (Å²) in [7, 11) is 1.50. The normalized spacial score (nSPS) is 15.1. The van der Waals surface area contributed by atoms with E-state index in [-0.39, 0.29) is 11.3 Å². The summed E-state index contributed by atoms with van der Waals surface area (Å²) in [6, 6.07) is 11.7. The van der Waals surface area contributed by atoms with Gasteiger partial charge in [0.05, 0.1) is 24.1 Å². The predicted molar refractivity (Wildman–Crippen MR) is 131 cm³/mol. The van der Waals surface area contributed by atoms with E-state index < -0.39 is 24.2 Å². The van der Waals surface area contributed by atoms with Gasteiger partial charge in [-0.1, -0.05) is 23.7 Å². The maximum absolute atomic E-state index is 13.8. The van der Waals surface area contributed by atoms with Crippen molar-refractivity contribution in [2.75, 3.05) is 12.0 Å².